The number of carbonyl (C=O) groups is 1. The summed E-state index contributed by atoms with van der Waals surface area (Å²) in [5, 5.41) is 0. The zero-order valence-electron chi connectivity index (χ0n) is 13.2. The number of Topliss-reactive ketones (excluding diaryl/α,β-unsaturated/α-hetero) is 1. The molecule has 1 N–H and O–H groups in total. The van der Waals surface area contributed by atoms with Crippen molar-refractivity contribution in [3.63, 3.8) is 0 Å². The average molecular weight is 452 g/mol. The first-order valence-corrected chi connectivity index (χ1v) is 12.1. The number of carbonyl (C=O) groups excluding carboxylic acids is 1. The summed E-state index contributed by atoms with van der Waals surface area (Å²) in [6.07, 6.45) is 1.94. The molecule has 23 heavy (non-hydrogen) atoms. The van der Waals surface area contributed by atoms with E-state index in [1.807, 2.05) is 13.8 Å². The van der Waals surface area contributed by atoms with Crippen LogP contribution in [-0.4, -0.2) is 23.4 Å². The molecule has 3 rings (SSSR count). The molecule has 2 saturated carbocycles. The number of hydrogen-bond donors (Lipinski definition) is 1. The van der Waals surface area contributed by atoms with Crippen LogP contribution >= 0.6 is 20.6 Å². The van der Waals surface area contributed by atoms with Gasteiger partial charge < -0.3 is 0 Å². The van der Waals surface area contributed by atoms with E-state index in [-0.39, 0.29) is 22.9 Å². The molecular weight excluding hydrogens is 431 g/mol. The van der Waals surface area contributed by atoms with E-state index in [9.17, 15) is 16.6 Å². The van der Waals surface area contributed by atoms with Crippen molar-refractivity contribution >= 4 is 36.6 Å². The van der Waals surface area contributed by atoms with Gasteiger partial charge in [0.2, 0.25) is 0 Å². The first kappa shape index (κ1) is 17.3. The van der Waals surface area contributed by atoms with Crippen LogP contribution in [-0.2, 0) is 17.4 Å². The van der Waals surface area contributed by atoms with Crippen LogP contribution in [0.2, 0.25) is 0 Å². The van der Waals surface area contributed by atoms with E-state index in [1.165, 1.54) is 0 Å². The van der Waals surface area contributed by atoms with Gasteiger partial charge in [-0.3, -0.25) is 0 Å². The van der Waals surface area contributed by atoms with Crippen molar-refractivity contribution < 1.29 is 19.2 Å². The first-order valence-electron chi connectivity index (χ1n) is 7.58. The number of halogens is 1. The predicted octanol–water partition coefficient (Wildman–Crippen LogP) is 2.93. The monoisotopic (exact) mass is 452 g/mol. The van der Waals surface area contributed by atoms with Crippen LogP contribution in [0.25, 0.3) is 0 Å². The summed E-state index contributed by atoms with van der Waals surface area (Å²) < 4.78 is 40.8. The summed E-state index contributed by atoms with van der Waals surface area (Å²) in [5.74, 6) is -0.0315. The number of hydrogen-bond acceptors (Lipinski definition) is 5. The van der Waals surface area contributed by atoms with Gasteiger partial charge in [-0.25, -0.2) is 0 Å². The molecule has 2 aliphatic rings. The van der Waals surface area contributed by atoms with Crippen molar-refractivity contribution in [1.82, 2.24) is 0 Å². The summed E-state index contributed by atoms with van der Waals surface area (Å²) in [6.45, 7) is 3.97. The van der Waals surface area contributed by atoms with E-state index >= 15 is 0 Å². The average Bonchev–Trinajstić information content (AvgIpc) is 2.81. The van der Waals surface area contributed by atoms with Crippen LogP contribution in [0.5, 0.6) is 0 Å². The predicted molar refractivity (Wildman–Crippen MR) is 94.8 cm³/mol. The van der Waals surface area contributed by atoms with Crippen molar-refractivity contribution in [3.05, 3.63) is 33.9 Å². The van der Waals surface area contributed by atoms with Crippen LogP contribution in [0.1, 0.15) is 33.1 Å². The van der Waals surface area contributed by atoms with Gasteiger partial charge in [0.15, 0.2) is 0 Å². The molecule has 0 radical (unpaired) electrons. The molecule has 0 spiro atoms. The van der Waals surface area contributed by atoms with Gasteiger partial charge in [-0.1, -0.05) is 0 Å². The third kappa shape index (κ3) is 2.85. The van der Waals surface area contributed by atoms with Gasteiger partial charge in [0, 0.05) is 0 Å². The topological polar surface area (TPSA) is 80.7 Å². The second-order valence-electron chi connectivity index (χ2n) is 6.96. The Kier molecular flexibility index (Phi) is 4.36. The van der Waals surface area contributed by atoms with E-state index in [0.717, 1.165) is 6.42 Å². The molecule has 1 aromatic rings. The quantitative estimate of drug-likeness (QED) is 0.696. The van der Waals surface area contributed by atoms with Crippen LogP contribution in [0.4, 0.5) is 0 Å². The summed E-state index contributed by atoms with van der Waals surface area (Å²) >= 11 is -3.23. The molecule has 2 aliphatic carbocycles. The van der Waals surface area contributed by atoms with Crippen molar-refractivity contribution in [2.75, 3.05) is 5.75 Å². The number of ketones is 1. The second kappa shape index (κ2) is 5.79. The molecule has 5 nitrogen and oxygen atoms in total. The molecule has 0 saturated heterocycles. The number of benzene rings is 1. The maximum absolute atomic E-state index is 12.5. The van der Waals surface area contributed by atoms with E-state index in [4.69, 9.17) is 2.51 Å². The fraction of sp³-hybridized carbons (Fsp3) is 0.562. The van der Waals surface area contributed by atoms with Crippen LogP contribution in [0.15, 0.2) is 30.3 Å². The number of fused-ring (bicyclic) bond motifs is 2. The molecule has 0 heterocycles. The van der Waals surface area contributed by atoms with E-state index in [0.29, 0.717) is 16.4 Å². The van der Waals surface area contributed by atoms with Crippen LogP contribution < -0.4 is 0 Å². The molecule has 2 fully saturated rings. The zero-order valence-corrected chi connectivity index (χ0v) is 16.1. The van der Waals surface area contributed by atoms with Gasteiger partial charge in [0.05, 0.1) is 0 Å². The Bertz CT molecular complexity index is 715. The molecule has 1 aromatic carbocycles. The fourth-order valence-electron chi connectivity index (χ4n) is 4.08. The Morgan fingerprint density at radius 3 is 2.48 bits per heavy atom. The second-order valence-corrected chi connectivity index (χ2v) is 12.1. The van der Waals surface area contributed by atoms with Crippen molar-refractivity contribution in [2.24, 2.45) is 16.7 Å². The molecule has 2 atom stereocenters. The van der Waals surface area contributed by atoms with E-state index in [1.54, 1.807) is 30.3 Å². The van der Waals surface area contributed by atoms with Crippen LogP contribution in [0, 0.1) is 20.3 Å². The minimum atomic E-state index is -3.96. The normalized spacial score (nSPS) is 29.8. The third-order valence-corrected chi connectivity index (χ3v) is 11.2. The molecule has 7 heteroatoms. The summed E-state index contributed by atoms with van der Waals surface area (Å²) in [5.41, 5.74) is -1.19. The Hall–Kier alpha value is -0.510. The van der Waals surface area contributed by atoms with Crippen molar-refractivity contribution in [2.45, 2.75) is 33.1 Å². The van der Waals surface area contributed by atoms with Gasteiger partial charge in [-0.05, 0) is 0 Å². The molecule has 0 unspecified atom stereocenters. The molecule has 0 aromatic heterocycles. The molecule has 0 amide bonds. The van der Waals surface area contributed by atoms with Gasteiger partial charge in [0.25, 0.3) is 0 Å². The van der Waals surface area contributed by atoms with Gasteiger partial charge in [0.1, 0.15) is 0 Å². The molecule has 2 bridgehead atoms. The molecular formula is C16H21IO5S. The Balaban J connectivity index is 1.80. The number of rotatable bonds is 5. The third-order valence-electron chi connectivity index (χ3n) is 5.64. The van der Waals surface area contributed by atoms with Gasteiger partial charge in [-0.2, -0.15) is 0 Å². The van der Waals surface area contributed by atoms with Gasteiger partial charge >= 0.3 is 145 Å². The summed E-state index contributed by atoms with van der Waals surface area (Å²) in [6, 6.07) is 8.58. The van der Waals surface area contributed by atoms with Crippen LogP contribution in [0.3, 0.4) is 0 Å². The maximum atomic E-state index is 12.5. The Morgan fingerprint density at radius 2 is 1.96 bits per heavy atom. The summed E-state index contributed by atoms with van der Waals surface area (Å²) in [7, 11) is -3.96. The Labute approximate surface area is 145 Å². The molecule has 128 valence electrons. The van der Waals surface area contributed by atoms with E-state index < -0.39 is 36.2 Å². The SMILES string of the molecule is CC1(C)[C@@H]2CC[C@]1(CS(=O)(=O)OI(O)c1ccccc1)C(=O)C2. The van der Waals surface area contributed by atoms with E-state index in [2.05, 4.69) is 0 Å². The first-order chi connectivity index (χ1) is 10.7. The Morgan fingerprint density at radius 1 is 1.30 bits per heavy atom. The minimum absolute atomic E-state index is 0.0314. The summed E-state index contributed by atoms with van der Waals surface area (Å²) in [4.78, 5) is 12.4. The fourth-order valence-corrected chi connectivity index (χ4v) is 9.25. The molecule has 0 aliphatic heterocycles. The standard InChI is InChI=1S/C16H21IO5S/c1-15(2)12-8-9-16(15,14(18)10-12)11-23(20,21)22-17(19)13-6-4-3-5-7-13/h3-7,12,19H,8-11H2,1-2H3/t12-,16+/m1/s1. The zero-order chi connectivity index (χ0) is 16.9. The van der Waals surface area contributed by atoms with Gasteiger partial charge in [-0.15, -0.1) is 0 Å². The van der Waals surface area contributed by atoms with Crippen molar-refractivity contribution in [3.8, 4) is 0 Å². The van der Waals surface area contributed by atoms with Crippen molar-refractivity contribution in [1.29, 1.82) is 0 Å².